The molecular formula is C14H21NOS. The van der Waals surface area contributed by atoms with E-state index in [1.807, 2.05) is 6.07 Å². The van der Waals surface area contributed by atoms with Crippen LogP contribution in [0.5, 0.6) is 5.75 Å². The maximum absolute atomic E-state index is 5.88. The van der Waals surface area contributed by atoms with Gasteiger partial charge in [-0.05, 0) is 56.7 Å². The van der Waals surface area contributed by atoms with Gasteiger partial charge in [0.05, 0.1) is 6.61 Å². The third-order valence-corrected chi connectivity index (χ3v) is 4.03. The van der Waals surface area contributed by atoms with Crippen molar-refractivity contribution in [1.29, 1.82) is 0 Å². The molecule has 94 valence electrons. The molecule has 1 unspecified atom stereocenters. The second kappa shape index (κ2) is 6.92. The minimum absolute atomic E-state index is 0.796. The van der Waals surface area contributed by atoms with Crippen LogP contribution in [0.4, 0.5) is 0 Å². The zero-order chi connectivity index (χ0) is 11.9. The first kappa shape index (κ1) is 12.8. The molecule has 2 nitrogen and oxygen atoms in total. The van der Waals surface area contributed by atoms with Crippen molar-refractivity contribution in [2.75, 3.05) is 26.0 Å². The molecule has 1 aliphatic heterocycles. The maximum atomic E-state index is 5.88. The molecule has 0 saturated carbocycles. The molecular weight excluding hydrogens is 230 g/mol. The monoisotopic (exact) mass is 251 g/mol. The Balaban J connectivity index is 1.77. The molecule has 0 aliphatic carbocycles. The Hall–Kier alpha value is -0.670. The van der Waals surface area contributed by atoms with E-state index in [1.165, 1.54) is 24.3 Å². The molecule has 2 rings (SSSR count). The van der Waals surface area contributed by atoms with E-state index >= 15 is 0 Å². The van der Waals surface area contributed by atoms with Gasteiger partial charge >= 0.3 is 0 Å². The van der Waals surface area contributed by atoms with E-state index in [-0.39, 0.29) is 0 Å². The second-order valence-electron chi connectivity index (χ2n) is 4.50. The molecule has 0 amide bonds. The predicted molar refractivity (Wildman–Crippen MR) is 73.9 cm³/mol. The van der Waals surface area contributed by atoms with E-state index in [0.29, 0.717) is 0 Å². The second-order valence-corrected chi connectivity index (χ2v) is 5.35. The van der Waals surface area contributed by atoms with Crippen LogP contribution in [-0.4, -0.2) is 26.0 Å². The minimum atomic E-state index is 0.796. The first-order valence-electron chi connectivity index (χ1n) is 6.36. The van der Waals surface area contributed by atoms with Gasteiger partial charge in [-0.3, -0.25) is 0 Å². The highest BCUT2D eigenvalue weighted by Crippen LogP contribution is 2.27. The number of ether oxygens (including phenoxy) is 1. The van der Waals surface area contributed by atoms with Gasteiger partial charge in [-0.25, -0.2) is 0 Å². The summed E-state index contributed by atoms with van der Waals surface area (Å²) in [6, 6.07) is 8.27. The molecule has 1 N–H and O–H groups in total. The van der Waals surface area contributed by atoms with Crippen molar-refractivity contribution in [3.63, 3.8) is 0 Å². The number of hydrogen-bond acceptors (Lipinski definition) is 3. The van der Waals surface area contributed by atoms with E-state index in [4.69, 9.17) is 4.74 Å². The van der Waals surface area contributed by atoms with Gasteiger partial charge in [-0.15, -0.1) is 11.8 Å². The fourth-order valence-corrected chi connectivity index (χ4v) is 2.79. The van der Waals surface area contributed by atoms with E-state index in [9.17, 15) is 0 Å². The van der Waals surface area contributed by atoms with Gasteiger partial charge in [0.25, 0.3) is 0 Å². The summed E-state index contributed by atoms with van der Waals surface area (Å²) in [4.78, 5) is 1.23. The SMILES string of the molecule is CSc1ccccc1OCCC1CCCNC1. The first-order valence-corrected chi connectivity index (χ1v) is 7.59. The van der Waals surface area contributed by atoms with Gasteiger partial charge < -0.3 is 10.1 Å². The molecule has 17 heavy (non-hydrogen) atoms. The highest BCUT2D eigenvalue weighted by molar-refractivity contribution is 7.98. The van der Waals surface area contributed by atoms with Crippen molar-refractivity contribution in [2.24, 2.45) is 5.92 Å². The molecule has 1 saturated heterocycles. The third-order valence-electron chi connectivity index (χ3n) is 3.25. The van der Waals surface area contributed by atoms with E-state index in [2.05, 4.69) is 29.8 Å². The van der Waals surface area contributed by atoms with E-state index < -0.39 is 0 Å². The largest absolute Gasteiger partial charge is 0.492 e. The van der Waals surface area contributed by atoms with Crippen molar-refractivity contribution in [3.05, 3.63) is 24.3 Å². The summed E-state index contributed by atoms with van der Waals surface area (Å²) in [5.74, 6) is 1.83. The fraction of sp³-hybridized carbons (Fsp3) is 0.571. The lowest BCUT2D eigenvalue weighted by atomic mass is 9.97. The van der Waals surface area contributed by atoms with Gasteiger partial charge in [0, 0.05) is 4.90 Å². The first-order chi connectivity index (χ1) is 8.40. The summed E-state index contributed by atoms with van der Waals surface area (Å²) in [5, 5.41) is 3.45. The van der Waals surface area contributed by atoms with Gasteiger partial charge in [-0.1, -0.05) is 12.1 Å². The average molecular weight is 251 g/mol. The number of rotatable bonds is 5. The van der Waals surface area contributed by atoms with Gasteiger partial charge in [-0.2, -0.15) is 0 Å². The lowest BCUT2D eigenvalue weighted by molar-refractivity contribution is 0.250. The van der Waals surface area contributed by atoms with Crippen molar-refractivity contribution >= 4 is 11.8 Å². The van der Waals surface area contributed by atoms with Crippen LogP contribution in [0.25, 0.3) is 0 Å². The lowest BCUT2D eigenvalue weighted by Crippen LogP contribution is -2.30. The Morgan fingerprint density at radius 1 is 1.41 bits per heavy atom. The molecule has 1 fully saturated rings. The van der Waals surface area contributed by atoms with Crippen LogP contribution in [0.3, 0.4) is 0 Å². The summed E-state index contributed by atoms with van der Waals surface area (Å²) in [7, 11) is 0. The summed E-state index contributed by atoms with van der Waals surface area (Å²) in [5.41, 5.74) is 0. The van der Waals surface area contributed by atoms with Crippen LogP contribution < -0.4 is 10.1 Å². The van der Waals surface area contributed by atoms with Crippen LogP contribution in [0.15, 0.2) is 29.2 Å². The minimum Gasteiger partial charge on any atom is -0.492 e. The number of thioether (sulfide) groups is 1. The predicted octanol–water partition coefficient (Wildman–Crippen LogP) is 3.18. The molecule has 0 spiro atoms. The quantitative estimate of drug-likeness (QED) is 0.812. The number of para-hydroxylation sites is 1. The Morgan fingerprint density at radius 2 is 2.29 bits per heavy atom. The van der Waals surface area contributed by atoms with Crippen LogP contribution in [0.2, 0.25) is 0 Å². The zero-order valence-corrected chi connectivity index (χ0v) is 11.3. The zero-order valence-electron chi connectivity index (χ0n) is 10.4. The fourth-order valence-electron chi connectivity index (χ4n) is 2.24. The molecule has 3 heteroatoms. The van der Waals surface area contributed by atoms with Crippen LogP contribution in [0.1, 0.15) is 19.3 Å². The highest BCUT2D eigenvalue weighted by atomic mass is 32.2. The Bertz CT molecular complexity index is 337. The van der Waals surface area contributed by atoms with Crippen LogP contribution in [0, 0.1) is 5.92 Å². The summed E-state index contributed by atoms with van der Waals surface area (Å²) in [6.45, 7) is 3.18. The van der Waals surface area contributed by atoms with Gasteiger partial charge in [0.1, 0.15) is 5.75 Å². The Labute approximate surface area is 108 Å². The normalized spacial score (nSPS) is 20.2. The molecule has 1 aliphatic rings. The summed E-state index contributed by atoms with van der Waals surface area (Å²) < 4.78 is 5.88. The van der Waals surface area contributed by atoms with Crippen molar-refractivity contribution in [2.45, 2.75) is 24.2 Å². The maximum Gasteiger partial charge on any atom is 0.132 e. The molecule has 1 aromatic rings. The van der Waals surface area contributed by atoms with Crippen molar-refractivity contribution in [1.82, 2.24) is 5.32 Å². The number of nitrogens with one attached hydrogen (secondary N) is 1. The number of piperidine rings is 1. The smallest absolute Gasteiger partial charge is 0.132 e. The summed E-state index contributed by atoms with van der Waals surface area (Å²) in [6.07, 6.45) is 5.91. The van der Waals surface area contributed by atoms with Gasteiger partial charge in [0.2, 0.25) is 0 Å². The molecule has 1 aromatic carbocycles. The number of hydrogen-bond donors (Lipinski definition) is 1. The van der Waals surface area contributed by atoms with E-state index in [1.54, 1.807) is 11.8 Å². The highest BCUT2D eigenvalue weighted by Gasteiger charge is 2.12. The standard InChI is InChI=1S/C14H21NOS/c1-17-14-7-3-2-6-13(14)16-10-8-12-5-4-9-15-11-12/h2-3,6-7,12,15H,4-5,8-11H2,1H3. The van der Waals surface area contributed by atoms with E-state index in [0.717, 1.165) is 31.2 Å². The van der Waals surface area contributed by atoms with Crippen molar-refractivity contribution < 1.29 is 4.74 Å². The van der Waals surface area contributed by atoms with Gasteiger partial charge in [0.15, 0.2) is 0 Å². The Kier molecular flexibility index (Phi) is 5.20. The molecule has 1 heterocycles. The number of benzene rings is 1. The topological polar surface area (TPSA) is 21.3 Å². The molecule has 0 bridgehead atoms. The van der Waals surface area contributed by atoms with Crippen LogP contribution >= 0.6 is 11.8 Å². The van der Waals surface area contributed by atoms with Crippen molar-refractivity contribution in [3.8, 4) is 5.75 Å². The molecule has 0 radical (unpaired) electrons. The molecule has 1 atom stereocenters. The lowest BCUT2D eigenvalue weighted by Gasteiger charge is -2.22. The average Bonchev–Trinajstić information content (AvgIpc) is 2.40. The Morgan fingerprint density at radius 3 is 3.06 bits per heavy atom. The summed E-state index contributed by atoms with van der Waals surface area (Å²) >= 11 is 1.74. The van der Waals surface area contributed by atoms with Crippen LogP contribution in [-0.2, 0) is 0 Å². The third kappa shape index (κ3) is 3.93. The molecule has 0 aromatic heterocycles.